The molecule has 0 unspecified atom stereocenters. The lowest BCUT2D eigenvalue weighted by Crippen LogP contribution is -2.20. The maximum atomic E-state index is 11.2. The molecule has 66 valence electrons. The smallest absolute Gasteiger partial charge is 0.292 e. The topological polar surface area (TPSA) is 42.2 Å². The standard InChI is InChI=1S/C9H13NO2/c1-7(2)6-10-5-3-4-8(11)9(10)12/h3-5,7,11H,6H2,1-2H3. The van der Waals surface area contributed by atoms with Crippen LogP contribution in [0.2, 0.25) is 0 Å². The van der Waals surface area contributed by atoms with E-state index in [-0.39, 0.29) is 11.3 Å². The molecule has 0 radical (unpaired) electrons. The molecule has 12 heavy (non-hydrogen) atoms. The fourth-order valence-electron chi connectivity index (χ4n) is 1.06. The largest absolute Gasteiger partial charge is 0.503 e. The monoisotopic (exact) mass is 167 g/mol. The van der Waals surface area contributed by atoms with Crippen LogP contribution in [0.1, 0.15) is 13.8 Å². The zero-order valence-electron chi connectivity index (χ0n) is 7.32. The lowest BCUT2D eigenvalue weighted by Gasteiger charge is -2.07. The molecule has 1 rings (SSSR count). The van der Waals surface area contributed by atoms with Crippen molar-refractivity contribution < 1.29 is 5.11 Å². The van der Waals surface area contributed by atoms with Crippen molar-refractivity contribution in [1.82, 2.24) is 4.57 Å². The quantitative estimate of drug-likeness (QED) is 0.719. The highest BCUT2D eigenvalue weighted by Crippen LogP contribution is 2.00. The Morgan fingerprint density at radius 3 is 2.83 bits per heavy atom. The van der Waals surface area contributed by atoms with Crippen molar-refractivity contribution >= 4 is 0 Å². The first-order valence-corrected chi connectivity index (χ1v) is 3.99. The number of hydrogen-bond donors (Lipinski definition) is 1. The van der Waals surface area contributed by atoms with Gasteiger partial charge in [0.2, 0.25) is 0 Å². The minimum Gasteiger partial charge on any atom is -0.503 e. The highest BCUT2D eigenvalue weighted by Gasteiger charge is 2.01. The SMILES string of the molecule is CC(C)Cn1cccc(O)c1=O. The van der Waals surface area contributed by atoms with Gasteiger partial charge in [0.1, 0.15) is 0 Å². The van der Waals surface area contributed by atoms with Crippen LogP contribution in [-0.2, 0) is 6.54 Å². The van der Waals surface area contributed by atoms with Gasteiger partial charge in [-0.15, -0.1) is 0 Å². The molecular formula is C9H13NO2. The van der Waals surface area contributed by atoms with Crippen LogP contribution in [0.5, 0.6) is 5.75 Å². The minimum absolute atomic E-state index is 0.182. The normalized spacial score (nSPS) is 10.6. The molecule has 1 N–H and O–H groups in total. The van der Waals surface area contributed by atoms with Crippen LogP contribution in [0, 0.1) is 5.92 Å². The number of nitrogens with zero attached hydrogens (tertiary/aromatic N) is 1. The molecule has 0 saturated carbocycles. The van der Waals surface area contributed by atoms with Crippen molar-refractivity contribution in [1.29, 1.82) is 0 Å². The molecule has 0 aliphatic carbocycles. The number of pyridine rings is 1. The summed E-state index contributed by atoms with van der Waals surface area (Å²) >= 11 is 0. The summed E-state index contributed by atoms with van der Waals surface area (Å²) < 4.78 is 1.51. The van der Waals surface area contributed by atoms with Crippen molar-refractivity contribution in [3.63, 3.8) is 0 Å². The molecule has 0 saturated heterocycles. The van der Waals surface area contributed by atoms with E-state index in [9.17, 15) is 4.79 Å². The summed E-state index contributed by atoms with van der Waals surface area (Å²) in [7, 11) is 0. The first-order valence-electron chi connectivity index (χ1n) is 3.99. The van der Waals surface area contributed by atoms with E-state index in [0.717, 1.165) is 0 Å². The number of hydrogen-bond acceptors (Lipinski definition) is 2. The van der Waals surface area contributed by atoms with Gasteiger partial charge in [-0.05, 0) is 18.1 Å². The molecule has 3 nitrogen and oxygen atoms in total. The van der Waals surface area contributed by atoms with Gasteiger partial charge in [0.05, 0.1) is 0 Å². The molecule has 0 bridgehead atoms. The van der Waals surface area contributed by atoms with E-state index in [1.165, 1.54) is 10.6 Å². The first-order chi connectivity index (χ1) is 5.61. The highest BCUT2D eigenvalue weighted by molar-refractivity contribution is 5.14. The van der Waals surface area contributed by atoms with Crippen molar-refractivity contribution in [3.05, 3.63) is 28.7 Å². The van der Waals surface area contributed by atoms with E-state index in [1.54, 1.807) is 12.3 Å². The third kappa shape index (κ3) is 1.87. The second kappa shape index (κ2) is 3.43. The van der Waals surface area contributed by atoms with E-state index in [1.807, 2.05) is 13.8 Å². The van der Waals surface area contributed by atoms with Crippen molar-refractivity contribution in [3.8, 4) is 5.75 Å². The van der Waals surface area contributed by atoms with Gasteiger partial charge in [0.15, 0.2) is 5.75 Å². The fourth-order valence-corrected chi connectivity index (χ4v) is 1.06. The Balaban J connectivity index is 3.01. The molecule has 0 fully saturated rings. The summed E-state index contributed by atoms with van der Waals surface area (Å²) in [6.07, 6.45) is 1.68. The molecule has 1 aromatic heterocycles. The van der Waals surface area contributed by atoms with Crippen LogP contribution in [0.25, 0.3) is 0 Å². The average molecular weight is 167 g/mol. The molecule has 0 aliphatic rings. The summed E-state index contributed by atoms with van der Waals surface area (Å²) in [5.74, 6) is 0.225. The zero-order valence-corrected chi connectivity index (χ0v) is 7.32. The summed E-state index contributed by atoms with van der Waals surface area (Å²) in [4.78, 5) is 11.2. The van der Waals surface area contributed by atoms with E-state index in [2.05, 4.69) is 0 Å². The second-order valence-corrected chi connectivity index (χ2v) is 3.24. The van der Waals surface area contributed by atoms with Gasteiger partial charge < -0.3 is 9.67 Å². The van der Waals surface area contributed by atoms with Gasteiger partial charge in [0.25, 0.3) is 5.56 Å². The van der Waals surface area contributed by atoms with Crippen LogP contribution in [0.3, 0.4) is 0 Å². The summed E-state index contributed by atoms with van der Waals surface area (Å²) in [5, 5.41) is 9.08. The highest BCUT2D eigenvalue weighted by atomic mass is 16.3. The van der Waals surface area contributed by atoms with E-state index in [0.29, 0.717) is 12.5 Å². The Morgan fingerprint density at radius 1 is 1.58 bits per heavy atom. The molecule has 1 aromatic rings. The lowest BCUT2D eigenvalue weighted by molar-refractivity contribution is 0.443. The molecule has 3 heteroatoms. The molecule has 1 heterocycles. The predicted molar refractivity (Wildman–Crippen MR) is 47.2 cm³/mol. The number of aromatic nitrogens is 1. The molecule has 0 atom stereocenters. The third-order valence-electron chi connectivity index (χ3n) is 1.56. The third-order valence-corrected chi connectivity index (χ3v) is 1.56. The molecule has 0 aliphatic heterocycles. The van der Waals surface area contributed by atoms with Crippen molar-refractivity contribution in [2.45, 2.75) is 20.4 Å². The number of aromatic hydroxyl groups is 1. The van der Waals surface area contributed by atoms with Crippen LogP contribution < -0.4 is 5.56 Å². The molecule has 0 aromatic carbocycles. The van der Waals surface area contributed by atoms with E-state index >= 15 is 0 Å². The van der Waals surface area contributed by atoms with Crippen LogP contribution in [0.4, 0.5) is 0 Å². The summed E-state index contributed by atoms with van der Waals surface area (Å²) in [5.41, 5.74) is -0.314. The van der Waals surface area contributed by atoms with Gasteiger partial charge >= 0.3 is 0 Å². The maximum absolute atomic E-state index is 11.2. The van der Waals surface area contributed by atoms with Gasteiger partial charge in [-0.2, -0.15) is 0 Å². The molecule has 0 amide bonds. The van der Waals surface area contributed by atoms with Gasteiger partial charge in [-0.1, -0.05) is 13.8 Å². The fraction of sp³-hybridized carbons (Fsp3) is 0.444. The van der Waals surface area contributed by atoms with Gasteiger partial charge in [-0.25, -0.2) is 0 Å². The van der Waals surface area contributed by atoms with Crippen LogP contribution in [0.15, 0.2) is 23.1 Å². The van der Waals surface area contributed by atoms with Crippen molar-refractivity contribution in [2.75, 3.05) is 0 Å². The Kier molecular flexibility index (Phi) is 2.53. The Labute approximate surface area is 71.3 Å². The second-order valence-electron chi connectivity index (χ2n) is 3.24. The Hall–Kier alpha value is -1.25. The Bertz CT molecular complexity index is 315. The molecule has 0 spiro atoms. The van der Waals surface area contributed by atoms with Crippen LogP contribution >= 0.6 is 0 Å². The van der Waals surface area contributed by atoms with E-state index in [4.69, 9.17) is 5.11 Å². The van der Waals surface area contributed by atoms with Gasteiger partial charge in [0, 0.05) is 12.7 Å². The van der Waals surface area contributed by atoms with Gasteiger partial charge in [-0.3, -0.25) is 4.79 Å². The maximum Gasteiger partial charge on any atom is 0.292 e. The van der Waals surface area contributed by atoms with E-state index < -0.39 is 0 Å². The molecular weight excluding hydrogens is 154 g/mol. The zero-order chi connectivity index (χ0) is 9.14. The summed E-state index contributed by atoms with van der Waals surface area (Å²) in [6.45, 7) is 4.69. The predicted octanol–water partition coefficient (Wildman–Crippen LogP) is 1.21. The number of rotatable bonds is 2. The van der Waals surface area contributed by atoms with Crippen LogP contribution in [-0.4, -0.2) is 9.67 Å². The minimum atomic E-state index is -0.314. The average Bonchev–Trinajstić information content (AvgIpc) is 1.98. The summed E-state index contributed by atoms with van der Waals surface area (Å²) in [6, 6.07) is 3.07. The lowest BCUT2D eigenvalue weighted by atomic mass is 10.2. The Morgan fingerprint density at radius 2 is 2.25 bits per heavy atom. The van der Waals surface area contributed by atoms with Crippen molar-refractivity contribution in [2.24, 2.45) is 5.92 Å². The first kappa shape index (κ1) is 8.84.